The molecule has 7 nitrogen and oxygen atoms in total. The molecule has 0 aromatic carbocycles. The third-order valence-electron chi connectivity index (χ3n) is 6.20. The van der Waals surface area contributed by atoms with Crippen LogP contribution in [0.25, 0.3) is 11.1 Å². The lowest BCUT2D eigenvalue weighted by molar-refractivity contribution is -0.0474. The maximum atomic E-state index is 12.9. The van der Waals surface area contributed by atoms with Gasteiger partial charge in [0.05, 0.1) is 0 Å². The first-order chi connectivity index (χ1) is 17.9. The summed E-state index contributed by atoms with van der Waals surface area (Å²) >= 11 is 0. The number of halogens is 6. The summed E-state index contributed by atoms with van der Waals surface area (Å²) in [4.78, 5) is 1.83. The summed E-state index contributed by atoms with van der Waals surface area (Å²) < 4.78 is 125. The van der Waals surface area contributed by atoms with Gasteiger partial charge in [-0.3, -0.25) is 0 Å². The first-order valence-corrected chi connectivity index (χ1v) is 14.0. The van der Waals surface area contributed by atoms with Gasteiger partial charge in [-0.25, -0.2) is 8.61 Å². The van der Waals surface area contributed by atoms with E-state index in [9.17, 15) is 43.2 Å². The molecule has 0 N–H and O–H groups in total. The van der Waals surface area contributed by atoms with E-state index in [-0.39, 0.29) is 8.61 Å². The van der Waals surface area contributed by atoms with E-state index in [2.05, 4.69) is 0 Å². The molecule has 4 aliphatic rings. The van der Waals surface area contributed by atoms with E-state index < -0.39 is 42.9 Å². The van der Waals surface area contributed by atoms with Crippen molar-refractivity contribution in [2.75, 3.05) is 19.0 Å². The largest absolute Gasteiger partial charge is 0.517 e. The van der Waals surface area contributed by atoms with Crippen molar-refractivity contribution in [1.82, 2.24) is 8.61 Å². The lowest BCUT2D eigenvalue weighted by Gasteiger charge is -2.23. The predicted octanol–water partition coefficient (Wildman–Crippen LogP) is 5.41. The second-order valence-electron chi connectivity index (χ2n) is 8.85. The van der Waals surface area contributed by atoms with Crippen molar-refractivity contribution in [2.45, 2.75) is 22.9 Å². The molecule has 39 heavy (non-hydrogen) atoms. The number of fused-ring (bicyclic) bond motifs is 1. The molecule has 0 radical (unpaired) electrons. The van der Waals surface area contributed by atoms with Crippen molar-refractivity contribution in [3.63, 3.8) is 0 Å². The van der Waals surface area contributed by atoms with Crippen LogP contribution in [0.1, 0.15) is 23.0 Å². The first kappa shape index (κ1) is 28.5. The summed E-state index contributed by atoms with van der Waals surface area (Å²) in [5.41, 5.74) is -7.64. The van der Waals surface area contributed by atoms with Gasteiger partial charge < -0.3 is 4.90 Å². The Morgan fingerprint density at radius 2 is 0.974 bits per heavy atom. The van der Waals surface area contributed by atoms with Gasteiger partial charge in [0, 0.05) is 56.4 Å². The Morgan fingerprint density at radius 1 is 0.641 bits per heavy atom. The van der Waals surface area contributed by atoms with E-state index in [1.165, 1.54) is 24.3 Å². The Morgan fingerprint density at radius 3 is 1.26 bits per heavy atom. The van der Waals surface area contributed by atoms with Gasteiger partial charge in [0.1, 0.15) is 0 Å². The summed E-state index contributed by atoms with van der Waals surface area (Å²) in [5, 5.41) is 0. The maximum absolute atomic E-state index is 12.9. The fraction of sp³-hybridized carbons (Fsp3) is 0.250. The lowest BCUT2D eigenvalue weighted by atomic mass is 9.95. The fourth-order valence-corrected chi connectivity index (χ4v) is 5.56. The molecule has 0 aromatic rings. The molecule has 0 spiro atoms. The minimum Gasteiger partial charge on any atom is -0.378 e. The van der Waals surface area contributed by atoms with E-state index in [1.807, 2.05) is 19.0 Å². The van der Waals surface area contributed by atoms with Crippen LogP contribution in [-0.2, 0) is 20.0 Å². The van der Waals surface area contributed by atoms with E-state index in [4.69, 9.17) is 0 Å². The predicted molar refractivity (Wildman–Crippen MR) is 133 cm³/mol. The molecule has 210 valence electrons. The summed E-state index contributed by atoms with van der Waals surface area (Å²) in [5.74, 6) is -1.27. The van der Waals surface area contributed by atoms with Crippen LogP contribution < -0.4 is 4.90 Å². The monoisotopic (exact) mass is 593 g/mol. The Balaban J connectivity index is 1.75. The molecule has 0 aromatic heterocycles. The third kappa shape index (κ3) is 5.12. The number of anilines is 1. The molecule has 15 heteroatoms. The number of nitrogens with zero attached hydrogens (tertiary/aromatic N) is 3. The van der Waals surface area contributed by atoms with E-state index in [0.29, 0.717) is 22.3 Å². The van der Waals surface area contributed by atoms with Crippen molar-refractivity contribution in [1.29, 1.82) is 0 Å². The Kier molecular flexibility index (Phi) is 7.04. The molecular weight excluding hydrogens is 572 g/mol. The smallest absolute Gasteiger partial charge is 0.378 e. The SMILES string of the molecule is CN(C)c1ccc2c(C3C=CN(S(=O)(=O)C(F)(F)F)C=C3)cc(C3C=CN(S(=O)(=O)C(F)(F)F)C=C3)c-2cc1. The number of rotatable bonds is 5. The zero-order valence-corrected chi connectivity index (χ0v) is 21.9. The minimum absolute atomic E-state index is 0.0714. The molecule has 0 atom stereocenters. The van der Waals surface area contributed by atoms with Crippen LogP contribution in [0.2, 0.25) is 0 Å². The highest BCUT2D eigenvalue weighted by atomic mass is 32.2. The third-order valence-corrected chi connectivity index (χ3v) is 8.97. The van der Waals surface area contributed by atoms with Gasteiger partial charge in [-0.15, -0.1) is 0 Å². The molecule has 4 rings (SSSR count). The molecule has 0 saturated carbocycles. The number of allylic oxidation sites excluding steroid dienone is 4. The Hall–Kier alpha value is -3.46. The van der Waals surface area contributed by atoms with Gasteiger partial charge in [0.15, 0.2) is 0 Å². The van der Waals surface area contributed by atoms with Crippen LogP contribution >= 0.6 is 0 Å². The zero-order valence-electron chi connectivity index (χ0n) is 20.2. The topological polar surface area (TPSA) is 78.0 Å². The Labute approximate surface area is 221 Å². The molecule has 2 aliphatic carbocycles. The summed E-state index contributed by atoms with van der Waals surface area (Å²) in [7, 11) is -7.60. The molecule has 0 fully saturated rings. The zero-order chi connectivity index (χ0) is 29.0. The van der Waals surface area contributed by atoms with E-state index >= 15 is 0 Å². The van der Waals surface area contributed by atoms with Crippen LogP contribution in [-0.4, -0.2) is 50.6 Å². The average Bonchev–Trinajstić information content (AvgIpc) is 3.06. The molecule has 0 amide bonds. The number of alkyl halides is 6. The van der Waals surface area contributed by atoms with E-state index in [0.717, 1.165) is 30.5 Å². The van der Waals surface area contributed by atoms with Gasteiger partial charge in [-0.2, -0.15) is 43.2 Å². The first-order valence-electron chi connectivity index (χ1n) is 11.1. The lowest BCUT2D eigenvalue weighted by Crippen LogP contribution is -2.35. The van der Waals surface area contributed by atoms with Crippen molar-refractivity contribution in [2.24, 2.45) is 0 Å². The van der Waals surface area contributed by atoms with Gasteiger partial charge in [-0.1, -0.05) is 42.5 Å². The normalized spacial score (nSPS) is 17.4. The van der Waals surface area contributed by atoms with Crippen LogP contribution in [0, 0.1) is 0 Å². The molecule has 0 saturated heterocycles. The van der Waals surface area contributed by atoms with Gasteiger partial charge in [0.2, 0.25) is 0 Å². The summed E-state index contributed by atoms with van der Waals surface area (Å²) in [6.07, 6.45) is 8.36. The van der Waals surface area contributed by atoms with Crippen LogP contribution in [0.5, 0.6) is 0 Å². The summed E-state index contributed by atoms with van der Waals surface area (Å²) in [6, 6.07) is 8.87. The van der Waals surface area contributed by atoms with Crippen molar-refractivity contribution in [3.8, 4) is 11.1 Å². The highest BCUT2D eigenvalue weighted by Crippen LogP contribution is 2.44. The van der Waals surface area contributed by atoms with Crippen LogP contribution in [0.4, 0.5) is 32.0 Å². The molecule has 2 heterocycles. The standard InChI is InChI=1S/C24H21F6N3O4S2/c1-31(2)18-3-5-19-20(6-4-18)22(17-9-13-33(14-10-17)39(36,37)24(28,29)30)15-21(19)16-7-11-32(12-8-16)38(34,35)23(25,26)27/h3-17H,1-2H3. The summed E-state index contributed by atoms with van der Waals surface area (Å²) in [6.45, 7) is 0. The van der Waals surface area contributed by atoms with Gasteiger partial charge in [0.25, 0.3) is 0 Å². The minimum atomic E-state index is -5.61. The molecule has 2 aliphatic heterocycles. The highest BCUT2D eigenvalue weighted by Gasteiger charge is 2.50. The van der Waals surface area contributed by atoms with E-state index in [1.54, 1.807) is 30.3 Å². The number of hydrogen-bond acceptors (Lipinski definition) is 5. The number of hydrogen-bond donors (Lipinski definition) is 0. The average molecular weight is 594 g/mol. The second-order valence-corrected chi connectivity index (χ2v) is 12.5. The molecule has 0 unspecified atom stereocenters. The molecule has 0 bridgehead atoms. The number of sulfonamides is 2. The quantitative estimate of drug-likeness (QED) is 0.434. The van der Waals surface area contributed by atoms with Gasteiger partial charge in [-0.05, 0) is 34.4 Å². The van der Waals surface area contributed by atoms with Crippen molar-refractivity contribution in [3.05, 3.63) is 90.6 Å². The maximum Gasteiger partial charge on any atom is 0.517 e. The van der Waals surface area contributed by atoms with Crippen LogP contribution in [0.15, 0.2) is 79.4 Å². The molecular formula is C24H21F6N3O4S2. The highest BCUT2D eigenvalue weighted by molar-refractivity contribution is 7.90. The van der Waals surface area contributed by atoms with Crippen molar-refractivity contribution < 1.29 is 43.2 Å². The Bertz CT molecular complexity index is 1440. The van der Waals surface area contributed by atoms with Gasteiger partial charge >= 0.3 is 31.1 Å². The second kappa shape index (κ2) is 9.62. The van der Waals surface area contributed by atoms with Crippen LogP contribution in [0.3, 0.4) is 0 Å². The fourth-order valence-electron chi connectivity index (χ4n) is 4.16. The van der Waals surface area contributed by atoms with Crippen molar-refractivity contribution >= 4 is 25.7 Å².